The summed E-state index contributed by atoms with van der Waals surface area (Å²) in [5, 5.41) is 6.39. The van der Waals surface area contributed by atoms with Crippen molar-refractivity contribution in [2.24, 2.45) is 0 Å². The van der Waals surface area contributed by atoms with Gasteiger partial charge in [0.15, 0.2) is 0 Å². The lowest BCUT2D eigenvalue weighted by atomic mass is 10.1. The van der Waals surface area contributed by atoms with Gasteiger partial charge in [-0.1, -0.05) is 0 Å². The largest absolute Gasteiger partial charge is 0.354 e. The Hall–Kier alpha value is -0.610. The van der Waals surface area contributed by atoms with Gasteiger partial charge in [0.05, 0.1) is 0 Å². The van der Waals surface area contributed by atoms with Crippen LogP contribution in [0, 0.1) is 0 Å². The van der Waals surface area contributed by atoms with E-state index in [0.717, 1.165) is 13.1 Å². The maximum atomic E-state index is 11.0. The molecule has 2 heterocycles. The molecule has 80 valence electrons. The molecular weight excluding hydrogens is 178 g/mol. The number of likely N-dealkylation sites (tertiary alicyclic amines) is 1. The van der Waals surface area contributed by atoms with Crippen LogP contribution in [0.2, 0.25) is 0 Å². The van der Waals surface area contributed by atoms with Crippen LogP contribution in [0.5, 0.6) is 0 Å². The van der Waals surface area contributed by atoms with Crippen LogP contribution >= 0.6 is 0 Å². The molecule has 2 N–H and O–H groups in total. The number of likely N-dealkylation sites (N-methyl/N-ethyl adjacent to an activating group) is 1. The van der Waals surface area contributed by atoms with E-state index in [1.165, 1.54) is 6.42 Å². The molecule has 4 heteroatoms. The molecule has 0 bridgehead atoms. The molecule has 0 spiro atoms. The summed E-state index contributed by atoms with van der Waals surface area (Å²) in [7, 11) is 2.16. The lowest BCUT2D eigenvalue weighted by molar-refractivity contribution is -0.119. The summed E-state index contributed by atoms with van der Waals surface area (Å²) >= 11 is 0. The lowest BCUT2D eigenvalue weighted by Crippen LogP contribution is -2.40. The van der Waals surface area contributed by atoms with Crippen molar-refractivity contribution < 1.29 is 4.79 Å². The molecule has 0 saturated carbocycles. The minimum absolute atomic E-state index is 0.182. The number of carbonyl (C=O) groups is 1. The fraction of sp³-hybridized carbons (Fsp3) is 0.900. The van der Waals surface area contributed by atoms with E-state index in [1.54, 1.807) is 0 Å². The Bertz CT molecular complexity index is 221. The Kier molecular flexibility index (Phi) is 2.74. The van der Waals surface area contributed by atoms with Gasteiger partial charge >= 0.3 is 0 Å². The Morgan fingerprint density at radius 1 is 1.50 bits per heavy atom. The summed E-state index contributed by atoms with van der Waals surface area (Å²) in [6.45, 7) is 4.15. The number of nitrogens with one attached hydrogen (secondary N) is 2. The Morgan fingerprint density at radius 2 is 2.29 bits per heavy atom. The molecule has 2 fully saturated rings. The zero-order chi connectivity index (χ0) is 10.1. The Labute approximate surface area is 85.0 Å². The van der Waals surface area contributed by atoms with Crippen LogP contribution in [-0.2, 0) is 4.79 Å². The van der Waals surface area contributed by atoms with Gasteiger partial charge in [0, 0.05) is 37.6 Å². The predicted octanol–water partition coefficient (Wildman–Crippen LogP) is -0.443. The first-order chi connectivity index (χ1) is 6.65. The number of amides is 1. The summed E-state index contributed by atoms with van der Waals surface area (Å²) in [4.78, 5) is 13.4. The summed E-state index contributed by atoms with van der Waals surface area (Å²) in [5.41, 5.74) is 0. The van der Waals surface area contributed by atoms with Crippen molar-refractivity contribution in [2.75, 3.05) is 20.1 Å². The van der Waals surface area contributed by atoms with E-state index in [2.05, 4.69) is 29.5 Å². The van der Waals surface area contributed by atoms with Gasteiger partial charge in [-0.05, 0) is 20.4 Å². The summed E-state index contributed by atoms with van der Waals surface area (Å²) in [5.74, 6) is 0.182. The van der Waals surface area contributed by atoms with Gasteiger partial charge in [-0.25, -0.2) is 0 Å². The lowest BCUT2D eigenvalue weighted by Gasteiger charge is -2.16. The first-order valence-electron chi connectivity index (χ1n) is 5.38. The first kappa shape index (κ1) is 9.93. The summed E-state index contributed by atoms with van der Waals surface area (Å²) < 4.78 is 0. The van der Waals surface area contributed by atoms with Gasteiger partial charge in [0.25, 0.3) is 0 Å². The molecule has 3 unspecified atom stereocenters. The molecule has 0 aromatic heterocycles. The number of rotatable bonds is 2. The maximum Gasteiger partial charge on any atom is 0.221 e. The van der Waals surface area contributed by atoms with Gasteiger partial charge in [0.2, 0.25) is 5.91 Å². The van der Waals surface area contributed by atoms with Crippen LogP contribution in [0.15, 0.2) is 0 Å². The number of hydrogen-bond acceptors (Lipinski definition) is 3. The SMILES string of the molecule is CC1CC(NC2CNC(=O)C2)CN1C. The van der Waals surface area contributed by atoms with Crippen molar-refractivity contribution in [1.82, 2.24) is 15.5 Å². The molecule has 2 aliphatic heterocycles. The van der Waals surface area contributed by atoms with Gasteiger partial charge in [-0.2, -0.15) is 0 Å². The molecule has 3 atom stereocenters. The second-order valence-corrected chi connectivity index (χ2v) is 4.59. The van der Waals surface area contributed by atoms with E-state index in [4.69, 9.17) is 0 Å². The minimum atomic E-state index is 0.182. The average molecular weight is 197 g/mol. The highest BCUT2D eigenvalue weighted by atomic mass is 16.1. The first-order valence-corrected chi connectivity index (χ1v) is 5.38. The van der Waals surface area contributed by atoms with Crippen LogP contribution < -0.4 is 10.6 Å². The van der Waals surface area contributed by atoms with E-state index in [-0.39, 0.29) is 5.91 Å². The van der Waals surface area contributed by atoms with Crippen molar-refractivity contribution in [3.05, 3.63) is 0 Å². The van der Waals surface area contributed by atoms with Crippen LogP contribution in [0.3, 0.4) is 0 Å². The van der Waals surface area contributed by atoms with Crippen molar-refractivity contribution in [2.45, 2.75) is 37.9 Å². The molecule has 4 nitrogen and oxygen atoms in total. The Balaban J connectivity index is 1.79. The van der Waals surface area contributed by atoms with Crippen molar-refractivity contribution in [3.63, 3.8) is 0 Å². The summed E-state index contributed by atoms with van der Waals surface area (Å²) in [6.07, 6.45) is 1.84. The second kappa shape index (κ2) is 3.87. The van der Waals surface area contributed by atoms with E-state index in [9.17, 15) is 4.79 Å². The predicted molar refractivity (Wildman–Crippen MR) is 55.0 cm³/mol. The zero-order valence-electron chi connectivity index (χ0n) is 8.92. The van der Waals surface area contributed by atoms with Crippen molar-refractivity contribution in [1.29, 1.82) is 0 Å². The average Bonchev–Trinajstić information content (AvgIpc) is 2.62. The molecule has 0 aliphatic carbocycles. The van der Waals surface area contributed by atoms with Crippen molar-refractivity contribution in [3.8, 4) is 0 Å². The zero-order valence-corrected chi connectivity index (χ0v) is 8.92. The molecule has 2 rings (SSSR count). The molecular formula is C10H19N3O. The minimum Gasteiger partial charge on any atom is -0.354 e. The molecule has 0 radical (unpaired) electrons. The number of hydrogen-bond donors (Lipinski definition) is 2. The van der Waals surface area contributed by atoms with E-state index in [0.29, 0.717) is 24.5 Å². The third-order valence-electron chi connectivity index (χ3n) is 3.34. The maximum absolute atomic E-state index is 11.0. The quantitative estimate of drug-likeness (QED) is 0.630. The third-order valence-corrected chi connectivity index (χ3v) is 3.34. The van der Waals surface area contributed by atoms with Gasteiger partial charge < -0.3 is 15.5 Å². The molecule has 0 aromatic carbocycles. The molecule has 2 saturated heterocycles. The molecule has 1 amide bonds. The van der Waals surface area contributed by atoms with Crippen LogP contribution in [-0.4, -0.2) is 49.1 Å². The smallest absolute Gasteiger partial charge is 0.221 e. The normalized spacial score (nSPS) is 39.0. The van der Waals surface area contributed by atoms with Crippen LogP contribution in [0.25, 0.3) is 0 Å². The second-order valence-electron chi connectivity index (χ2n) is 4.59. The van der Waals surface area contributed by atoms with E-state index in [1.807, 2.05) is 0 Å². The van der Waals surface area contributed by atoms with E-state index < -0.39 is 0 Å². The topological polar surface area (TPSA) is 44.4 Å². The fourth-order valence-corrected chi connectivity index (χ4v) is 2.37. The highest BCUT2D eigenvalue weighted by Gasteiger charge is 2.30. The van der Waals surface area contributed by atoms with Gasteiger partial charge in [-0.3, -0.25) is 4.79 Å². The van der Waals surface area contributed by atoms with Crippen LogP contribution in [0.4, 0.5) is 0 Å². The third kappa shape index (κ3) is 2.07. The van der Waals surface area contributed by atoms with Gasteiger partial charge in [0.1, 0.15) is 0 Å². The molecule has 2 aliphatic rings. The van der Waals surface area contributed by atoms with Gasteiger partial charge in [-0.15, -0.1) is 0 Å². The monoisotopic (exact) mass is 197 g/mol. The standard InChI is InChI=1S/C10H19N3O/c1-7-3-9(6-13(7)2)12-8-4-10(14)11-5-8/h7-9,12H,3-6H2,1-2H3,(H,11,14). The van der Waals surface area contributed by atoms with Crippen molar-refractivity contribution >= 4 is 5.91 Å². The molecule has 0 aromatic rings. The highest BCUT2D eigenvalue weighted by molar-refractivity contribution is 5.78. The number of nitrogens with zero attached hydrogens (tertiary/aromatic N) is 1. The highest BCUT2D eigenvalue weighted by Crippen LogP contribution is 2.16. The summed E-state index contributed by atoms with van der Waals surface area (Å²) in [6, 6.07) is 1.58. The fourth-order valence-electron chi connectivity index (χ4n) is 2.37. The molecule has 14 heavy (non-hydrogen) atoms. The number of carbonyl (C=O) groups excluding carboxylic acids is 1. The Morgan fingerprint density at radius 3 is 2.79 bits per heavy atom. The van der Waals surface area contributed by atoms with Crippen LogP contribution in [0.1, 0.15) is 19.8 Å². The van der Waals surface area contributed by atoms with E-state index >= 15 is 0 Å².